The Morgan fingerprint density at radius 3 is 2.54 bits per heavy atom. The Morgan fingerprint density at radius 2 is 1.82 bits per heavy atom. The first-order chi connectivity index (χ1) is 13.4. The number of hydrogen-bond acceptors (Lipinski definition) is 4. The molecule has 2 aliphatic rings. The van der Waals surface area contributed by atoms with Crippen molar-refractivity contribution >= 4 is 33.4 Å². The number of benzene rings is 2. The van der Waals surface area contributed by atoms with E-state index in [9.17, 15) is 13.2 Å². The average Bonchev–Trinajstić information content (AvgIpc) is 2.70. The number of sulfonamides is 1. The van der Waals surface area contributed by atoms with E-state index in [1.807, 2.05) is 25.1 Å². The fourth-order valence-corrected chi connectivity index (χ4v) is 6.23. The Bertz CT molecular complexity index is 968. The van der Waals surface area contributed by atoms with Crippen LogP contribution in [0.25, 0.3) is 0 Å². The molecule has 2 aliphatic heterocycles. The lowest BCUT2D eigenvalue weighted by atomic mass is 9.91. The first kappa shape index (κ1) is 19.5. The van der Waals surface area contributed by atoms with E-state index in [-0.39, 0.29) is 16.1 Å². The molecule has 28 heavy (non-hydrogen) atoms. The Balaban J connectivity index is 1.45. The molecule has 1 amide bonds. The first-order valence-electron chi connectivity index (χ1n) is 9.59. The standard InChI is InChI=1S/C21H24N2O3S2/c1-15-21(24)22-19-14-18(7-8-20(19)27-15)28(25,26)23-11-9-17(10-12-23)13-16-5-3-2-4-6-16/h2-8,14-15,17H,9-13H2,1H3,(H,22,24)/t15-/m0/s1. The van der Waals surface area contributed by atoms with Crippen LogP contribution in [-0.4, -0.2) is 37.0 Å². The highest BCUT2D eigenvalue weighted by atomic mass is 32.2. The highest BCUT2D eigenvalue weighted by Crippen LogP contribution is 2.37. The molecule has 0 saturated carbocycles. The lowest BCUT2D eigenvalue weighted by molar-refractivity contribution is -0.115. The Kier molecular flexibility index (Phi) is 5.49. The van der Waals surface area contributed by atoms with Crippen molar-refractivity contribution in [1.29, 1.82) is 0 Å². The molecular weight excluding hydrogens is 392 g/mol. The molecule has 1 fully saturated rings. The molecule has 5 nitrogen and oxygen atoms in total. The first-order valence-corrected chi connectivity index (χ1v) is 11.9. The van der Waals surface area contributed by atoms with Gasteiger partial charge in [0.05, 0.1) is 15.8 Å². The monoisotopic (exact) mass is 416 g/mol. The Labute approximate surface area is 170 Å². The number of amides is 1. The number of thioether (sulfide) groups is 1. The number of fused-ring (bicyclic) bond motifs is 1. The normalized spacial score (nSPS) is 21.2. The predicted molar refractivity (Wildman–Crippen MR) is 112 cm³/mol. The van der Waals surface area contributed by atoms with Gasteiger partial charge in [-0.3, -0.25) is 4.79 Å². The van der Waals surface area contributed by atoms with Gasteiger partial charge in [0.15, 0.2) is 0 Å². The van der Waals surface area contributed by atoms with Crippen LogP contribution in [0.3, 0.4) is 0 Å². The third-order valence-electron chi connectivity index (χ3n) is 5.46. The molecule has 2 aromatic rings. The zero-order valence-electron chi connectivity index (χ0n) is 15.8. The van der Waals surface area contributed by atoms with Crippen LogP contribution in [0.15, 0.2) is 58.3 Å². The third kappa shape index (κ3) is 3.97. The number of piperidine rings is 1. The summed E-state index contributed by atoms with van der Waals surface area (Å²) in [6.45, 7) is 2.91. The second kappa shape index (κ2) is 7.89. The van der Waals surface area contributed by atoms with Crippen LogP contribution in [0.4, 0.5) is 5.69 Å². The van der Waals surface area contributed by atoms with Gasteiger partial charge in [0, 0.05) is 18.0 Å². The van der Waals surface area contributed by atoms with Gasteiger partial charge in [0.1, 0.15) is 0 Å². The molecule has 0 aliphatic carbocycles. The van der Waals surface area contributed by atoms with Crippen molar-refractivity contribution in [2.45, 2.75) is 41.2 Å². The minimum Gasteiger partial charge on any atom is -0.324 e. The van der Waals surface area contributed by atoms with Crippen molar-refractivity contribution < 1.29 is 13.2 Å². The number of nitrogens with one attached hydrogen (secondary N) is 1. The summed E-state index contributed by atoms with van der Waals surface area (Å²) in [7, 11) is -3.55. The smallest absolute Gasteiger partial charge is 0.243 e. The molecule has 0 bridgehead atoms. The van der Waals surface area contributed by atoms with E-state index in [0.717, 1.165) is 24.2 Å². The van der Waals surface area contributed by atoms with Crippen LogP contribution in [0.2, 0.25) is 0 Å². The van der Waals surface area contributed by atoms with Gasteiger partial charge in [0.2, 0.25) is 15.9 Å². The lowest BCUT2D eigenvalue weighted by Crippen LogP contribution is -2.39. The van der Waals surface area contributed by atoms with Gasteiger partial charge >= 0.3 is 0 Å². The summed E-state index contributed by atoms with van der Waals surface area (Å²) in [5.74, 6) is 0.420. The molecule has 7 heteroatoms. The summed E-state index contributed by atoms with van der Waals surface area (Å²) in [6.07, 6.45) is 2.72. The van der Waals surface area contributed by atoms with Crippen LogP contribution in [0, 0.1) is 5.92 Å². The van der Waals surface area contributed by atoms with Gasteiger partial charge in [-0.05, 0) is 55.9 Å². The Hall–Kier alpha value is -1.83. The minimum atomic E-state index is -3.55. The van der Waals surface area contributed by atoms with Gasteiger partial charge in [-0.25, -0.2) is 8.42 Å². The highest BCUT2D eigenvalue weighted by Gasteiger charge is 2.31. The van der Waals surface area contributed by atoms with Gasteiger partial charge in [-0.1, -0.05) is 30.3 Å². The third-order valence-corrected chi connectivity index (χ3v) is 8.53. The molecule has 0 spiro atoms. The van der Waals surface area contributed by atoms with E-state index in [0.29, 0.717) is 24.7 Å². The van der Waals surface area contributed by atoms with E-state index < -0.39 is 10.0 Å². The maximum atomic E-state index is 13.1. The quantitative estimate of drug-likeness (QED) is 0.824. The van der Waals surface area contributed by atoms with E-state index in [1.165, 1.54) is 17.3 Å². The van der Waals surface area contributed by atoms with E-state index in [2.05, 4.69) is 17.4 Å². The molecule has 0 radical (unpaired) electrons. The number of rotatable bonds is 4. The van der Waals surface area contributed by atoms with Crippen LogP contribution < -0.4 is 5.32 Å². The topological polar surface area (TPSA) is 66.5 Å². The largest absolute Gasteiger partial charge is 0.324 e. The Morgan fingerprint density at radius 1 is 1.11 bits per heavy atom. The maximum Gasteiger partial charge on any atom is 0.243 e. The zero-order chi connectivity index (χ0) is 19.7. The van der Waals surface area contributed by atoms with Crippen LogP contribution in [0.1, 0.15) is 25.3 Å². The zero-order valence-corrected chi connectivity index (χ0v) is 17.4. The highest BCUT2D eigenvalue weighted by molar-refractivity contribution is 8.01. The summed E-state index contributed by atoms with van der Waals surface area (Å²) in [5.41, 5.74) is 1.90. The molecule has 1 N–H and O–H groups in total. The van der Waals surface area contributed by atoms with Crippen molar-refractivity contribution in [3.63, 3.8) is 0 Å². The molecular formula is C21H24N2O3S2. The fraction of sp³-hybridized carbons (Fsp3) is 0.381. The molecule has 1 saturated heterocycles. The van der Waals surface area contributed by atoms with E-state index in [1.54, 1.807) is 22.5 Å². The molecule has 4 rings (SSSR count). The molecule has 1 atom stereocenters. The van der Waals surface area contributed by atoms with Crippen LogP contribution >= 0.6 is 11.8 Å². The number of carbonyl (C=O) groups excluding carboxylic acids is 1. The van der Waals surface area contributed by atoms with E-state index in [4.69, 9.17) is 0 Å². The molecule has 2 aromatic carbocycles. The number of hydrogen-bond donors (Lipinski definition) is 1. The molecule has 0 aromatic heterocycles. The van der Waals surface area contributed by atoms with Crippen molar-refractivity contribution in [2.24, 2.45) is 5.92 Å². The number of nitrogens with zero attached hydrogens (tertiary/aromatic N) is 1. The summed E-state index contributed by atoms with van der Waals surface area (Å²) < 4.78 is 27.8. The van der Waals surface area contributed by atoms with Gasteiger partial charge in [-0.15, -0.1) is 11.8 Å². The maximum absolute atomic E-state index is 13.1. The lowest BCUT2D eigenvalue weighted by Gasteiger charge is -2.31. The molecule has 2 heterocycles. The minimum absolute atomic E-state index is 0.0891. The summed E-state index contributed by atoms with van der Waals surface area (Å²) in [6, 6.07) is 15.4. The van der Waals surface area contributed by atoms with Crippen molar-refractivity contribution in [2.75, 3.05) is 18.4 Å². The fourth-order valence-electron chi connectivity index (χ4n) is 3.80. The van der Waals surface area contributed by atoms with Gasteiger partial charge in [0.25, 0.3) is 0 Å². The average molecular weight is 417 g/mol. The van der Waals surface area contributed by atoms with Crippen molar-refractivity contribution in [3.05, 3.63) is 54.1 Å². The number of anilines is 1. The summed E-state index contributed by atoms with van der Waals surface area (Å²) in [4.78, 5) is 13.1. The summed E-state index contributed by atoms with van der Waals surface area (Å²) in [5, 5.41) is 2.65. The van der Waals surface area contributed by atoms with Crippen LogP contribution in [-0.2, 0) is 21.2 Å². The van der Waals surface area contributed by atoms with E-state index >= 15 is 0 Å². The van der Waals surface area contributed by atoms with Gasteiger partial charge < -0.3 is 5.32 Å². The predicted octanol–water partition coefficient (Wildman–Crippen LogP) is 3.76. The van der Waals surface area contributed by atoms with Crippen molar-refractivity contribution in [3.8, 4) is 0 Å². The SMILES string of the molecule is C[C@@H]1Sc2ccc(S(=O)(=O)N3CCC(Cc4ccccc4)CC3)cc2NC1=O. The molecule has 148 valence electrons. The van der Waals surface area contributed by atoms with Gasteiger partial charge in [-0.2, -0.15) is 4.31 Å². The van der Waals surface area contributed by atoms with Crippen molar-refractivity contribution in [1.82, 2.24) is 4.31 Å². The summed E-state index contributed by atoms with van der Waals surface area (Å²) >= 11 is 1.46. The second-order valence-electron chi connectivity index (χ2n) is 7.44. The molecule has 0 unspecified atom stereocenters. The number of carbonyl (C=O) groups is 1. The second-order valence-corrected chi connectivity index (χ2v) is 10.8. The van der Waals surface area contributed by atoms with Crippen LogP contribution in [0.5, 0.6) is 0 Å².